The van der Waals surface area contributed by atoms with Gasteiger partial charge < -0.3 is 23.9 Å². The molecular formula is C19H16N2O6. The Morgan fingerprint density at radius 1 is 1.11 bits per heavy atom. The lowest BCUT2D eigenvalue weighted by atomic mass is 10.2. The van der Waals surface area contributed by atoms with Crippen LogP contribution in [-0.2, 0) is 9.53 Å². The normalized spacial score (nSPS) is 13.8. The monoisotopic (exact) mass is 368 g/mol. The molecule has 138 valence electrons. The number of rotatable bonds is 4. The van der Waals surface area contributed by atoms with Gasteiger partial charge >= 0.3 is 5.97 Å². The number of nitrogens with zero attached hydrogens (tertiary/aromatic N) is 1. The number of carbonyl (C=O) groups is 2. The third-order valence-electron chi connectivity index (χ3n) is 4.03. The molecule has 1 atom stereocenters. The van der Waals surface area contributed by atoms with E-state index < -0.39 is 18.0 Å². The fourth-order valence-electron chi connectivity index (χ4n) is 2.63. The summed E-state index contributed by atoms with van der Waals surface area (Å²) in [4.78, 5) is 28.6. The molecule has 2 heterocycles. The number of oxazole rings is 1. The molecule has 1 unspecified atom stereocenters. The highest BCUT2D eigenvalue weighted by Crippen LogP contribution is 2.32. The summed E-state index contributed by atoms with van der Waals surface area (Å²) in [5.74, 6) is 0.101. The van der Waals surface area contributed by atoms with Gasteiger partial charge in [-0.2, -0.15) is 0 Å². The van der Waals surface area contributed by atoms with Crippen molar-refractivity contribution in [3.8, 4) is 11.5 Å². The van der Waals surface area contributed by atoms with Crippen molar-refractivity contribution < 1.29 is 28.2 Å². The van der Waals surface area contributed by atoms with Crippen LogP contribution in [0.5, 0.6) is 11.5 Å². The van der Waals surface area contributed by atoms with E-state index in [-0.39, 0.29) is 5.56 Å². The summed E-state index contributed by atoms with van der Waals surface area (Å²) in [6, 6.07) is 9.81. The first kappa shape index (κ1) is 16.9. The zero-order valence-electron chi connectivity index (χ0n) is 14.4. The summed E-state index contributed by atoms with van der Waals surface area (Å²) in [6.07, 6.45) is 0.305. The van der Waals surface area contributed by atoms with Gasteiger partial charge in [-0.25, -0.2) is 9.78 Å². The molecule has 4 rings (SSSR count). The minimum absolute atomic E-state index is 0.276. The minimum Gasteiger partial charge on any atom is -0.486 e. The van der Waals surface area contributed by atoms with Crippen molar-refractivity contribution in [3.05, 3.63) is 48.4 Å². The molecule has 3 aromatic rings. The average Bonchev–Trinajstić information content (AvgIpc) is 3.15. The van der Waals surface area contributed by atoms with Gasteiger partial charge in [0.05, 0.1) is 5.56 Å². The molecule has 0 spiro atoms. The van der Waals surface area contributed by atoms with E-state index in [4.69, 9.17) is 18.6 Å². The molecule has 8 nitrogen and oxygen atoms in total. The summed E-state index contributed by atoms with van der Waals surface area (Å²) in [6.45, 7) is 2.44. The van der Waals surface area contributed by atoms with Gasteiger partial charge in [0, 0.05) is 11.8 Å². The van der Waals surface area contributed by atoms with Crippen LogP contribution < -0.4 is 14.8 Å². The Balaban J connectivity index is 1.40. The van der Waals surface area contributed by atoms with E-state index >= 15 is 0 Å². The van der Waals surface area contributed by atoms with Crippen molar-refractivity contribution in [1.29, 1.82) is 0 Å². The van der Waals surface area contributed by atoms with Gasteiger partial charge in [-0.05, 0) is 37.3 Å². The molecule has 0 fully saturated rings. The number of carbonyl (C=O) groups excluding carboxylic acids is 2. The standard InChI is InChI=1S/C19H16N2O6/c1-11(27-19(23)12-2-4-14-16(8-12)26-10-20-14)18(22)21-13-3-5-15-17(9-13)25-7-6-24-15/h2-5,8-11H,6-7H2,1H3,(H,21,22). The summed E-state index contributed by atoms with van der Waals surface area (Å²) in [7, 11) is 0. The molecule has 0 bridgehead atoms. The lowest BCUT2D eigenvalue weighted by molar-refractivity contribution is -0.123. The predicted octanol–water partition coefficient (Wildman–Crippen LogP) is 2.78. The summed E-state index contributed by atoms with van der Waals surface area (Å²) < 4.78 is 21.3. The van der Waals surface area contributed by atoms with Crippen LogP contribution in [0.1, 0.15) is 17.3 Å². The van der Waals surface area contributed by atoms with Gasteiger partial charge in [0.1, 0.15) is 18.7 Å². The van der Waals surface area contributed by atoms with Crippen LogP contribution >= 0.6 is 0 Å². The predicted molar refractivity (Wildman–Crippen MR) is 94.9 cm³/mol. The van der Waals surface area contributed by atoms with Gasteiger partial charge in [0.25, 0.3) is 5.91 Å². The van der Waals surface area contributed by atoms with Crippen molar-refractivity contribution in [1.82, 2.24) is 4.98 Å². The third kappa shape index (κ3) is 3.55. The number of aromatic nitrogens is 1. The van der Waals surface area contributed by atoms with Crippen LogP contribution in [-0.4, -0.2) is 36.2 Å². The number of nitrogens with one attached hydrogen (secondary N) is 1. The Kier molecular flexibility index (Phi) is 4.37. The highest BCUT2D eigenvalue weighted by atomic mass is 16.6. The Morgan fingerprint density at radius 3 is 2.78 bits per heavy atom. The lowest BCUT2D eigenvalue weighted by Gasteiger charge is -2.19. The fraction of sp³-hybridized carbons (Fsp3) is 0.211. The zero-order valence-corrected chi connectivity index (χ0v) is 14.4. The van der Waals surface area contributed by atoms with Gasteiger partial charge in [-0.15, -0.1) is 0 Å². The number of amides is 1. The molecule has 0 radical (unpaired) electrons. The highest BCUT2D eigenvalue weighted by Gasteiger charge is 2.21. The van der Waals surface area contributed by atoms with E-state index in [1.807, 2.05) is 0 Å². The minimum atomic E-state index is -0.990. The van der Waals surface area contributed by atoms with Crippen molar-refractivity contribution in [2.24, 2.45) is 0 Å². The number of esters is 1. The van der Waals surface area contributed by atoms with Crippen molar-refractivity contribution in [2.45, 2.75) is 13.0 Å². The summed E-state index contributed by atoms with van der Waals surface area (Å²) in [5, 5.41) is 2.69. The Bertz CT molecular complexity index is 1010. The van der Waals surface area contributed by atoms with Gasteiger partial charge in [0.2, 0.25) is 0 Å². The molecule has 27 heavy (non-hydrogen) atoms. The number of hydrogen-bond acceptors (Lipinski definition) is 7. The van der Waals surface area contributed by atoms with Crippen molar-refractivity contribution >= 4 is 28.7 Å². The molecule has 2 aromatic carbocycles. The van der Waals surface area contributed by atoms with Crippen LogP contribution in [0.2, 0.25) is 0 Å². The van der Waals surface area contributed by atoms with Crippen molar-refractivity contribution in [3.63, 3.8) is 0 Å². The first-order valence-electron chi connectivity index (χ1n) is 8.35. The molecule has 1 N–H and O–H groups in total. The van der Waals surface area contributed by atoms with Crippen LogP contribution in [0, 0.1) is 0 Å². The number of ether oxygens (including phenoxy) is 3. The molecular weight excluding hydrogens is 352 g/mol. The highest BCUT2D eigenvalue weighted by molar-refractivity contribution is 5.98. The molecule has 0 saturated heterocycles. The summed E-state index contributed by atoms with van der Waals surface area (Å²) in [5.41, 5.74) is 1.90. The first-order chi connectivity index (χ1) is 13.1. The SMILES string of the molecule is CC(OC(=O)c1ccc2ncoc2c1)C(=O)Nc1ccc2c(c1)OCCO2. The number of hydrogen-bond donors (Lipinski definition) is 1. The van der Waals surface area contributed by atoms with E-state index in [0.29, 0.717) is 41.5 Å². The second kappa shape index (κ2) is 6.99. The average molecular weight is 368 g/mol. The van der Waals surface area contributed by atoms with E-state index in [2.05, 4.69) is 10.3 Å². The molecule has 0 aliphatic carbocycles. The molecule has 1 amide bonds. The second-order valence-corrected chi connectivity index (χ2v) is 5.93. The van der Waals surface area contributed by atoms with E-state index in [1.54, 1.807) is 30.3 Å². The molecule has 8 heteroatoms. The third-order valence-corrected chi connectivity index (χ3v) is 4.03. The van der Waals surface area contributed by atoms with Crippen LogP contribution in [0.25, 0.3) is 11.1 Å². The first-order valence-corrected chi connectivity index (χ1v) is 8.35. The molecule has 1 aliphatic heterocycles. The lowest BCUT2D eigenvalue weighted by Crippen LogP contribution is -2.30. The second-order valence-electron chi connectivity index (χ2n) is 5.93. The maximum Gasteiger partial charge on any atom is 0.339 e. The molecule has 0 saturated carbocycles. The Morgan fingerprint density at radius 2 is 1.93 bits per heavy atom. The quantitative estimate of drug-likeness (QED) is 0.707. The number of fused-ring (bicyclic) bond motifs is 2. The Hall–Kier alpha value is -3.55. The van der Waals surface area contributed by atoms with E-state index in [1.165, 1.54) is 19.4 Å². The van der Waals surface area contributed by atoms with Gasteiger partial charge in [0.15, 0.2) is 29.6 Å². The van der Waals surface area contributed by atoms with Crippen LogP contribution in [0.3, 0.4) is 0 Å². The van der Waals surface area contributed by atoms with Gasteiger partial charge in [-0.3, -0.25) is 4.79 Å². The zero-order chi connectivity index (χ0) is 18.8. The molecule has 1 aliphatic rings. The number of benzene rings is 2. The largest absolute Gasteiger partial charge is 0.486 e. The summed E-state index contributed by atoms with van der Waals surface area (Å²) >= 11 is 0. The molecule has 1 aromatic heterocycles. The number of anilines is 1. The maximum absolute atomic E-state index is 12.3. The van der Waals surface area contributed by atoms with E-state index in [0.717, 1.165) is 0 Å². The Labute approximate surface area is 154 Å². The van der Waals surface area contributed by atoms with Crippen LogP contribution in [0.15, 0.2) is 47.2 Å². The van der Waals surface area contributed by atoms with Crippen LogP contribution in [0.4, 0.5) is 5.69 Å². The van der Waals surface area contributed by atoms with E-state index in [9.17, 15) is 9.59 Å². The maximum atomic E-state index is 12.3. The topological polar surface area (TPSA) is 99.9 Å². The fourth-order valence-corrected chi connectivity index (χ4v) is 2.63. The van der Waals surface area contributed by atoms with Gasteiger partial charge in [-0.1, -0.05) is 0 Å². The smallest absolute Gasteiger partial charge is 0.339 e. The van der Waals surface area contributed by atoms with Crippen molar-refractivity contribution in [2.75, 3.05) is 18.5 Å².